The van der Waals surface area contributed by atoms with Crippen LogP contribution < -0.4 is 10.1 Å². The summed E-state index contributed by atoms with van der Waals surface area (Å²) in [6.07, 6.45) is 2.61. The zero-order chi connectivity index (χ0) is 13.5. The van der Waals surface area contributed by atoms with Crippen LogP contribution in [0.1, 0.15) is 11.3 Å². The molecule has 0 atom stereocenters. The number of pyridine rings is 1. The molecule has 1 N–H and O–H groups in total. The summed E-state index contributed by atoms with van der Waals surface area (Å²) in [6.45, 7) is 1.41. The first-order chi connectivity index (χ1) is 9.31. The van der Waals surface area contributed by atoms with E-state index in [0.717, 1.165) is 34.4 Å². The van der Waals surface area contributed by atoms with Gasteiger partial charge in [-0.05, 0) is 41.2 Å². The van der Waals surface area contributed by atoms with Crippen molar-refractivity contribution in [1.29, 1.82) is 0 Å². The molecule has 0 amide bonds. The summed E-state index contributed by atoms with van der Waals surface area (Å²) in [7, 11) is 1.93. The van der Waals surface area contributed by atoms with Crippen LogP contribution in [0.3, 0.4) is 0 Å². The standard InChI is InChI=1S/C15H17BrN2O/c1-17-11-12-5-4-7-14(16)15(12)19-10-8-13-6-2-3-9-18-13/h2-7,9,17H,8,10-11H2,1H3. The van der Waals surface area contributed by atoms with Crippen LogP contribution >= 0.6 is 15.9 Å². The van der Waals surface area contributed by atoms with Crippen LogP contribution in [0, 0.1) is 0 Å². The summed E-state index contributed by atoms with van der Waals surface area (Å²) in [5.74, 6) is 0.910. The molecule has 0 spiro atoms. The minimum absolute atomic E-state index is 0.621. The summed E-state index contributed by atoms with van der Waals surface area (Å²) in [5.41, 5.74) is 2.20. The summed E-state index contributed by atoms with van der Waals surface area (Å²) in [6, 6.07) is 12.0. The third-order valence-corrected chi connectivity index (χ3v) is 3.37. The lowest BCUT2D eigenvalue weighted by Gasteiger charge is -2.13. The zero-order valence-corrected chi connectivity index (χ0v) is 12.5. The second-order valence-corrected chi connectivity index (χ2v) is 5.03. The van der Waals surface area contributed by atoms with Gasteiger partial charge in [0.1, 0.15) is 5.75 Å². The van der Waals surface area contributed by atoms with Crippen LogP contribution in [-0.2, 0) is 13.0 Å². The number of ether oxygens (including phenoxy) is 1. The lowest BCUT2D eigenvalue weighted by Crippen LogP contribution is -2.09. The van der Waals surface area contributed by atoms with Crippen molar-refractivity contribution < 1.29 is 4.74 Å². The fraction of sp³-hybridized carbons (Fsp3) is 0.267. The first kappa shape index (κ1) is 14.0. The second kappa shape index (κ2) is 7.26. The molecule has 2 aromatic rings. The molecule has 4 heteroatoms. The molecule has 0 bridgehead atoms. The Bertz CT molecular complexity index is 517. The SMILES string of the molecule is CNCc1cccc(Br)c1OCCc1ccccn1. The highest BCUT2D eigenvalue weighted by Gasteiger charge is 2.07. The predicted octanol–water partition coefficient (Wildman–Crippen LogP) is 3.19. The van der Waals surface area contributed by atoms with Crippen LogP contribution in [0.4, 0.5) is 0 Å². The van der Waals surface area contributed by atoms with Crippen molar-refractivity contribution in [2.24, 2.45) is 0 Å². The van der Waals surface area contributed by atoms with Crippen LogP contribution in [0.5, 0.6) is 5.75 Å². The number of nitrogens with one attached hydrogen (secondary N) is 1. The van der Waals surface area contributed by atoms with Gasteiger partial charge in [-0.2, -0.15) is 0 Å². The molecule has 19 heavy (non-hydrogen) atoms. The zero-order valence-electron chi connectivity index (χ0n) is 10.9. The molecular formula is C15H17BrN2O. The van der Waals surface area contributed by atoms with Gasteiger partial charge in [0.05, 0.1) is 11.1 Å². The van der Waals surface area contributed by atoms with E-state index in [-0.39, 0.29) is 0 Å². The van der Waals surface area contributed by atoms with E-state index in [1.54, 1.807) is 6.20 Å². The van der Waals surface area contributed by atoms with E-state index in [2.05, 4.69) is 32.3 Å². The van der Waals surface area contributed by atoms with Gasteiger partial charge in [-0.1, -0.05) is 18.2 Å². The summed E-state index contributed by atoms with van der Waals surface area (Å²) < 4.78 is 6.88. The van der Waals surface area contributed by atoms with Gasteiger partial charge in [-0.25, -0.2) is 0 Å². The Labute approximate surface area is 122 Å². The minimum atomic E-state index is 0.621. The number of hydrogen-bond donors (Lipinski definition) is 1. The molecule has 1 aromatic carbocycles. The lowest BCUT2D eigenvalue weighted by molar-refractivity contribution is 0.314. The average Bonchev–Trinajstić information content (AvgIpc) is 2.43. The average molecular weight is 321 g/mol. The Kier molecular flexibility index (Phi) is 5.36. The number of para-hydroxylation sites is 1. The van der Waals surface area contributed by atoms with Crippen LogP contribution in [0.25, 0.3) is 0 Å². The van der Waals surface area contributed by atoms with Crippen molar-refractivity contribution in [2.45, 2.75) is 13.0 Å². The van der Waals surface area contributed by atoms with Crippen molar-refractivity contribution in [3.8, 4) is 5.75 Å². The molecule has 1 aromatic heterocycles. The van der Waals surface area contributed by atoms with Gasteiger partial charge in [0.2, 0.25) is 0 Å². The Morgan fingerprint density at radius 2 is 2.11 bits per heavy atom. The molecule has 0 saturated carbocycles. The van der Waals surface area contributed by atoms with Crippen molar-refractivity contribution in [3.63, 3.8) is 0 Å². The highest BCUT2D eigenvalue weighted by Crippen LogP contribution is 2.29. The molecule has 0 aliphatic carbocycles. The first-order valence-corrected chi connectivity index (χ1v) is 7.05. The normalized spacial score (nSPS) is 10.4. The maximum atomic E-state index is 5.90. The number of halogens is 1. The van der Waals surface area contributed by atoms with E-state index in [1.165, 1.54) is 0 Å². The number of aromatic nitrogens is 1. The Hall–Kier alpha value is -1.39. The molecule has 0 aliphatic heterocycles. The van der Waals surface area contributed by atoms with E-state index >= 15 is 0 Å². The van der Waals surface area contributed by atoms with Gasteiger partial charge in [-0.15, -0.1) is 0 Å². The summed E-state index contributed by atoms with van der Waals surface area (Å²) >= 11 is 3.54. The van der Waals surface area contributed by atoms with E-state index in [0.29, 0.717) is 6.61 Å². The molecule has 2 rings (SSSR count). The number of nitrogens with zero attached hydrogens (tertiary/aromatic N) is 1. The topological polar surface area (TPSA) is 34.1 Å². The van der Waals surface area contributed by atoms with E-state index in [9.17, 15) is 0 Å². The maximum Gasteiger partial charge on any atom is 0.137 e. The summed E-state index contributed by atoms with van der Waals surface area (Å²) in [5, 5.41) is 3.15. The van der Waals surface area contributed by atoms with Gasteiger partial charge >= 0.3 is 0 Å². The van der Waals surface area contributed by atoms with Gasteiger partial charge < -0.3 is 10.1 Å². The van der Waals surface area contributed by atoms with Gasteiger partial charge in [0.15, 0.2) is 0 Å². The van der Waals surface area contributed by atoms with Gasteiger partial charge in [0.25, 0.3) is 0 Å². The highest BCUT2D eigenvalue weighted by molar-refractivity contribution is 9.10. The summed E-state index contributed by atoms with van der Waals surface area (Å²) in [4.78, 5) is 4.29. The van der Waals surface area contributed by atoms with Crippen LogP contribution in [-0.4, -0.2) is 18.6 Å². The molecule has 0 radical (unpaired) electrons. The van der Waals surface area contributed by atoms with Crippen molar-refractivity contribution in [1.82, 2.24) is 10.3 Å². The maximum absolute atomic E-state index is 5.90. The van der Waals surface area contributed by atoms with E-state index in [4.69, 9.17) is 4.74 Å². The minimum Gasteiger partial charge on any atom is -0.492 e. The third kappa shape index (κ3) is 4.04. The fourth-order valence-corrected chi connectivity index (χ4v) is 2.37. The Balaban J connectivity index is 1.99. The molecule has 0 aliphatic rings. The van der Waals surface area contributed by atoms with E-state index in [1.807, 2.05) is 37.4 Å². The van der Waals surface area contributed by atoms with Crippen LogP contribution in [0.2, 0.25) is 0 Å². The lowest BCUT2D eigenvalue weighted by atomic mass is 10.2. The molecule has 0 fully saturated rings. The molecule has 0 unspecified atom stereocenters. The molecule has 1 heterocycles. The smallest absolute Gasteiger partial charge is 0.137 e. The predicted molar refractivity (Wildman–Crippen MR) is 80.3 cm³/mol. The Morgan fingerprint density at radius 3 is 2.84 bits per heavy atom. The first-order valence-electron chi connectivity index (χ1n) is 6.26. The highest BCUT2D eigenvalue weighted by atomic mass is 79.9. The van der Waals surface area contributed by atoms with Crippen molar-refractivity contribution in [2.75, 3.05) is 13.7 Å². The molecular weight excluding hydrogens is 304 g/mol. The van der Waals surface area contributed by atoms with Crippen molar-refractivity contribution >= 4 is 15.9 Å². The van der Waals surface area contributed by atoms with Gasteiger partial charge in [0, 0.05) is 30.4 Å². The largest absolute Gasteiger partial charge is 0.492 e. The molecule has 0 saturated heterocycles. The quantitative estimate of drug-likeness (QED) is 0.887. The van der Waals surface area contributed by atoms with E-state index < -0.39 is 0 Å². The second-order valence-electron chi connectivity index (χ2n) is 4.18. The van der Waals surface area contributed by atoms with Crippen LogP contribution in [0.15, 0.2) is 47.1 Å². The third-order valence-electron chi connectivity index (χ3n) is 2.75. The number of benzene rings is 1. The Morgan fingerprint density at radius 1 is 1.21 bits per heavy atom. The fourth-order valence-electron chi connectivity index (χ4n) is 1.85. The monoisotopic (exact) mass is 320 g/mol. The molecule has 3 nitrogen and oxygen atoms in total. The number of rotatable bonds is 6. The van der Waals surface area contributed by atoms with Gasteiger partial charge in [-0.3, -0.25) is 4.98 Å². The van der Waals surface area contributed by atoms with Crippen molar-refractivity contribution in [3.05, 3.63) is 58.3 Å². The molecule has 100 valence electrons. The number of hydrogen-bond acceptors (Lipinski definition) is 3.